The van der Waals surface area contributed by atoms with Crippen LogP contribution in [0.3, 0.4) is 0 Å². The highest BCUT2D eigenvalue weighted by Crippen LogP contribution is 2.18. The minimum absolute atomic E-state index is 0.275. The number of rotatable bonds is 5. The highest BCUT2D eigenvalue weighted by Gasteiger charge is 2.21. The highest BCUT2D eigenvalue weighted by molar-refractivity contribution is 6.30. The minimum Gasteiger partial charge on any atom is -0.365 e. The number of halogens is 1. The molecule has 0 saturated carbocycles. The summed E-state index contributed by atoms with van der Waals surface area (Å²) in [6.45, 7) is 12.2. The minimum atomic E-state index is 0.275. The van der Waals surface area contributed by atoms with Crippen molar-refractivity contribution in [3.05, 3.63) is 17.4 Å². The number of nitrogens with zero attached hydrogens (tertiary/aromatic N) is 5. The molecule has 3 heterocycles. The second-order valence-corrected chi connectivity index (χ2v) is 7.89. The van der Waals surface area contributed by atoms with E-state index in [2.05, 4.69) is 50.4 Å². The molecule has 0 atom stereocenters. The molecule has 148 valence electrons. The third kappa shape index (κ3) is 6.32. The van der Waals surface area contributed by atoms with Gasteiger partial charge in [0.15, 0.2) is 0 Å². The van der Waals surface area contributed by atoms with Gasteiger partial charge in [-0.1, -0.05) is 23.4 Å². The summed E-state index contributed by atoms with van der Waals surface area (Å²) in [4.78, 5) is 15.7. The predicted octanol–water partition coefficient (Wildman–Crippen LogP) is 2.14. The number of ether oxygens (including phenoxy) is 1. The maximum Gasteiger partial charge on any atom is 0.225 e. The van der Waals surface area contributed by atoms with Crippen molar-refractivity contribution in [3.63, 3.8) is 0 Å². The Morgan fingerprint density at radius 1 is 1.07 bits per heavy atom. The van der Waals surface area contributed by atoms with E-state index in [-0.39, 0.29) is 6.10 Å². The lowest BCUT2D eigenvalue weighted by Crippen LogP contribution is -2.48. The molecule has 0 radical (unpaired) electrons. The Kier molecular flexibility index (Phi) is 7.71. The van der Waals surface area contributed by atoms with Gasteiger partial charge in [0, 0.05) is 45.3 Å². The van der Waals surface area contributed by atoms with Crippen LogP contribution in [0.25, 0.3) is 0 Å². The molecule has 3 rings (SSSR count). The standard InChI is InChI=1S/C20H30ClN5O/c1-17(2)25-12-10-24(11-13-25)7-3-4-14-27-19-5-8-26(9-6-19)20-22-15-18(21)16-23-20/h15-17,19H,5-14H2,1-2H3. The van der Waals surface area contributed by atoms with E-state index in [1.165, 1.54) is 0 Å². The van der Waals surface area contributed by atoms with E-state index >= 15 is 0 Å². The summed E-state index contributed by atoms with van der Waals surface area (Å²) >= 11 is 5.84. The fourth-order valence-corrected chi connectivity index (χ4v) is 3.60. The molecule has 1 aromatic heterocycles. The number of piperidine rings is 1. The number of hydrogen-bond acceptors (Lipinski definition) is 6. The predicted molar refractivity (Wildman–Crippen MR) is 109 cm³/mol. The Morgan fingerprint density at radius 3 is 2.37 bits per heavy atom. The van der Waals surface area contributed by atoms with Crippen molar-refractivity contribution in [2.75, 3.05) is 57.3 Å². The Bertz CT molecular complexity index is 626. The number of piperazine rings is 1. The van der Waals surface area contributed by atoms with Crippen LogP contribution < -0.4 is 4.90 Å². The summed E-state index contributed by atoms with van der Waals surface area (Å²) in [7, 11) is 0. The van der Waals surface area contributed by atoms with Crippen LogP contribution in [-0.4, -0.2) is 84.3 Å². The monoisotopic (exact) mass is 391 g/mol. The zero-order valence-corrected chi connectivity index (χ0v) is 17.2. The zero-order chi connectivity index (χ0) is 19.1. The first-order chi connectivity index (χ1) is 13.1. The van der Waals surface area contributed by atoms with Crippen molar-refractivity contribution in [1.82, 2.24) is 19.8 Å². The summed E-state index contributed by atoms with van der Waals surface area (Å²) in [6.07, 6.45) is 5.52. The van der Waals surface area contributed by atoms with Gasteiger partial charge in [0.2, 0.25) is 5.95 Å². The van der Waals surface area contributed by atoms with Crippen LogP contribution in [0.1, 0.15) is 26.7 Å². The molecule has 0 bridgehead atoms. The van der Waals surface area contributed by atoms with E-state index in [0.717, 1.165) is 64.6 Å². The molecule has 0 spiro atoms. The van der Waals surface area contributed by atoms with Crippen LogP contribution in [0.2, 0.25) is 5.02 Å². The first-order valence-electron chi connectivity index (χ1n) is 9.88. The van der Waals surface area contributed by atoms with Crippen molar-refractivity contribution >= 4 is 17.5 Å². The smallest absolute Gasteiger partial charge is 0.225 e. The zero-order valence-electron chi connectivity index (χ0n) is 16.4. The first kappa shape index (κ1) is 20.3. The van der Waals surface area contributed by atoms with Crippen molar-refractivity contribution in [3.8, 4) is 11.8 Å². The molecular formula is C20H30ClN5O. The molecule has 7 heteroatoms. The number of aromatic nitrogens is 2. The van der Waals surface area contributed by atoms with Gasteiger partial charge in [0.1, 0.15) is 6.61 Å². The Hall–Kier alpha value is -1.39. The lowest BCUT2D eigenvalue weighted by Gasteiger charge is -2.36. The molecule has 1 aromatic rings. The molecule has 2 aliphatic heterocycles. The van der Waals surface area contributed by atoms with Crippen molar-refractivity contribution in [2.45, 2.75) is 38.8 Å². The normalized spacial score (nSPS) is 19.9. The molecule has 0 aromatic carbocycles. The van der Waals surface area contributed by atoms with Gasteiger partial charge in [0.25, 0.3) is 0 Å². The largest absolute Gasteiger partial charge is 0.365 e. The quantitative estimate of drug-likeness (QED) is 0.716. The SMILES string of the molecule is CC(C)N1CCN(CC#CCOC2CCN(c3ncc(Cl)cn3)CC2)CC1. The Balaban J connectivity index is 1.30. The van der Waals surface area contributed by atoms with Crippen LogP contribution in [0, 0.1) is 11.8 Å². The number of anilines is 1. The molecule has 2 fully saturated rings. The van der Waals surface area contributed by atoms with Gasteiger partial charge >= 0.3 is 0 Å². The average Bonchev–Trinajstić information content (AvgIpc) is 2.69. The lowest BCUT2D eigenvalue weighted by atomic mass is 10.1. The van der Waals surface area contributed by atoms with Gasteiger partial charge in [-0.05, 0) is 26.7 Å². The second-order valence-electron chi connectivity index (χ2n) is 7.46. The van der Waals surface area contributed by atoms with Crippen LogP contribution in [-0.2, 0) is 4.74 Å². The van der Waals surface area contributed by atoms with Crippen LogP contribution in [0.15, 0.2) is 12.4 Å². The van der Waals surface area contributed by atoms with Gasteiger partial charge in [-0.3, -0.25) is 9.80 Å². The first-order valence-corrected chi connectivity index (χ1v) is 10.3. The van der Waals surface area contributed by atoms with Gasteiger partial charge in [-0.2, -0.15) is 0 Å². The van der Waals surface area contributed by atoms with Crippen LogP contribution in [0.4, 0.5) is 5.95 Å². The molecule has 0 unspecified atom stereocenters. The molecule has 0 N–H and O–H groups in total. The average molecular weight is 392 g/mol. The molecule has 0 aliphatic carbocycles. The molecule has 27 heavy (non-hydrogen) atoms. The van der Waals surface area contributed by atoms with Crippen molar-refractivity contribution < 1.29 is 4.74 Å². The van der Waals surface area contributed by atoms with E-state index in [1.807, 2.05) is 0 Å². The van der Waals surface area contributed by atoms with Crippen LogP contribution in [0.5, 0.6) is 0 Å². The summed E-state index contributed by atoms with van der Waals surface area (Å²) in [5.74, 6) is 7.20. The molecular weight excluding hydrogens is 362 g/mol. The molecule has 2 aliphatic rings. The van der Waals surface area contributed by atoms with Crippen LogP contribution >= 0.6 is 11.6 Å². The lowest BCUT2D eigenvalue weighted by molar-refractivity contribution is 0.0592. The molecule has 6 nitrogen and oxygen atoms in total. The Morgan fingerprint density at radius 2 is 1.74 bits per heavy atom. The second kappa shape index (κ2) is 10.2. The van der Waals surface area contributed by atoms with Crippen molar-refractivity contribution in [1.29, 1.82) is 0 Å². The fourth-order valence-electron chi connectivity index (χ4n) is 3.51. The van der Waals surface area contributed by atoms with Crippen molar-refractivity contribution in [2.24, 2.45) is 0 Å². The Labute approximate surface area is 167 Å². The maximum absolute atomic E-state index is 5.94. The topological polar surface area (TPSA) is 44.7 Å². The molecule has 0 amide bonds. The molecule has 2 saturated heterocycles. The van der Waals surface area contributed by atoms with E-state index in [1.54, 1.807) is 12.4 Å². The summed E-state index contributed by atoms with van der Waals surface area (Å²) in [5, 5.41) is 0.567. The summed E-state index contributed by atoms with van der Waals surface area (Å²) < 4.78 is 5.94. The highest BCUT2D eigenvalue weighted by atomic mass is 35.5. The fraction of sp³-hybridized carbons (Fsp3) is 0.700. The van der Waals surface area contributed by atoms with Gasteiger partial charge in [0.05, 0.1) is 30.1 Å². The third-order valence-electron chi connectivity index (χ3n) is 5.29. The third-order valence-corrected chi connectivity index (χ3v) is 5.48. The van der Waals surface area contributed by atoms with E-state index in [4.69, 9.17) is 16.3 Å². The number of hydrogen-bond donors (Lipinski definition) is 0. The van der Waals surface area contributed by atoms with Gasteiger partial charge < -0.3 is 9.64 Å². The van der Waals surface area contributed by atoms with E-state index in [0.29, 0.717) is 17.7 Å². The summed E-state index contributed by atoms with van der Waals surface area (Å²) in [6, 6.07) is 0.643. The summed E-state index contributed by atoms with van der Waals surface area (Å²) in [5.41, 5.74) is 0. The maximum atomic E-state index is 5.94. The van der Waals surface area contributed by atoms with Gasteiger partial charge in [-0.25, -0.2) is 9.97 Å². The van der Waals surface area contributed by atoms with Gasteiger partial charge in [-0.15, -0.1) is 0 Å². The van der Waals surface area contributed by atoms with E-state index < -0.39 is 0 Å². The van der Waals surface area contributed by atoms with E-state index in [9.17, 15) is 0 Å².